The third-order valence-electron chi connectivity index (χ3n) is 4.72. The summed E-state index contributed by atoms with van der Waals surface area (Å²) in [6, 6.07) is 6.32. The summed E-state index contributed by atoms with van der Waals surface area (Å²) in [5.74, 6) is 2.35. The standard InChI is InChI=1S/C19H29N3O3/c1-4-20-19(22-15-11-14-7-9-16(15)25-14)21-12-13-6-8-17(24-5-2)18(10-13)23-3/h6,8,10,14-16H,4-5,7,9,11-12H2,1-3H3,(H2,20,21,22). The molecule has 0 aromatic heterocycles. The van der Waals surface area contributed by atoms with Crippen LogP contribution in [0.4, 0.5) is 0 Å². The Morgan fingerprint density at radius 2 is 2.16 bits per heavy atom. The molecule has 2 aliphatic heterocycles. The van der Waals surface area contributed by atoms with Crippen molar-refractivity contribution in [3.8, 4) is 11.5 Å². The van der Waals surface area contributed by atoms with Gasteiger partial charge in [-0.2, -0.15) is 0 Å². The maximum atomic E-state index is 5.92. The minimum Gasteiger partial charge on any atom is -0.493 e. The predicted octanol–water partition coefficient (Wildman–Crippen LogP) is 2.47. The van der Waals surface area contributed by atoms with Crippen LogP contribution >= 0.6 is 0 Å². The van der Waals surface area contributed by atoms with E-state index in [0.717, 1.165) is 42.4 Å². The molecule has 2 aliphatic rings. The van der Waals surface area contributed by atoms with E-state index in [-0.39, 0.29) is 0 Å². The number of fused-ring (bicyclic) bond motifs is 2. The first kappa shape index (κ1) is 17.9. The molecule has 0 amide bonds. The maximum Gasteiger partial charge on any atom is 0.191 e. The third kappa shape index (κ3) is 4.37. The fourth-order valence-corrected chi connectivity index (χ4v) is 3.54. The number of methoxy groups -OCH3 is 1. The van der Waals surface area contributed by atoms with E-state index in [1.807, 2.05) is 25.1 Å². The lowest BCUT2D eigenvalue weighted by atomic mass is 9.96. The molecule has 25 heavy (non-hydrogen) atoms. The fraction of sp³-hybridized carbons (Fsp3) is 0.632. The summed E-state index contributed by atoms with van der Waals surface area (Å²) in [6.45, 7) is 6.08. The van der Waals surface area contributed by atoms with Crippen LogP contribution in [-0.2, 0) is 11.3 Å². The summed E-state index contributed by atoms with van der Waals surface area (Å²) in [5.41, 5.74) is 1.08. The van der Waals surface area contributed by atoms with Gasteiger partial charge in [-0.15, -0.1) is 0 Å². The number of benzene rings is 1. The maximum absolute atomic E-state index is 5.92. The number of hydrogen-bond donors (Lipinski definition) is 2. The minimum atomic E-state index is 0.333. The second kappa shape index (κ2) is 8.43. The van der Waals surface area contributed by atoms with Crippen LogP contribution in [0.25, 0.3) is 0 Å². The zero-order valence-corrected chi connectivity index (χ0v) is 15.4. The van der Waals surface area contributed by atoms with E-state index in [9.17, 15) is 0 Å². The van der Waals surface area contributed by atoms with Crippen LogP contribution in [0.5, 0.6) is 11.5 Å². The van der Waals surface area contributed by atoms with E-state index in [1.54, 1.807) is 7.11 Å². The van der Waals surface area contributed by atoms with Crippen molar-refractivity contribution in [2.24, 2.45) is 4.99 Å². The van der Waals surface area contributed by atoms with Crippen molar-refractivity contribution in [2.75, 3.05) is 20.3 Å². The van der Waals surface area contributed by atoms with Gasteiger partial charge >= 0.3 is 0 Å². The van der Waals surface area contributed by atoms with Gasteiger partial charge in [0.05, 0.1) is 38.5 Å². The molecule has 2 saturated heterocycles. The summed E-state index contributed by atoms with van der Waals surface area (Å²) >= 11 is 0. The highest BCUT2D eigenvalue weighted by molar-refractivity contribution is 5.80. The van der Waals surface area contributed by atoms with E-state index >= 15 is 0 Å². The lowest BCUT2D eigenvalue weighted by molar-refractivity contribution is 0.0992. The number of guanidine groups is 1. The van der Waals surface area contributed by atoms with Crippen LogP contribution in [0.1, 0.15) is 38.7 Å². The molecule has 0 saturated carbocycles. The van der Waals surface area contributed by atoms with Crippen molar-refractivity contribution >= 4 is 5.96 Å². The summed E-state index contributed by atoms with van der Waals surface area (Å²) in [4.78, 5) is 4.72. The zero-order chi connectivity index (χ0) is 17.6. The Labute approximate surface area is 149 Å². The molecule has 1 aromatic rings. The highest BCUT2D eigenvalue weighted by atomic mass is 16.5. The van der Waals surface area contributed by atoms with Gasteiger partial charge in [0, 0.05) is 6.54 Å². The van der Waals surface area contributed by atoms with Gasteiger partial charge in [0.15, 0.2) is 17.5 Å². The fourth-order valence-electron chi connectivity index (χ4n) is 3.54. The molecule has 2 fully saturated rings. The topological polar surface area (TPSA) is 64.1 Å². The van der Waals surface area contributed by atoms with E-state index in [4.69, 9.17) is 19.2 Å². The van der Waals surface area contributed by atoms with Gasteiger partial charge in [0.1, 0.15) is 0 Å². The van der Waals surface area contributed by atoms with Crippen LogP contribution < -0.4 is 20.1 Å². The van der Waals surface area contributed by atoms with Crippen LogP contribution in [0.3, 0.4) is 0 Å². The van der Waals surface area contributed by atoms with Gasteiger partial charge in [-0.05, 0) is 50.8 Å². The van der Waals surface area contributed by atoms with Gasteiger partial charge in [-0.1, -0.05) is 6.07 Å². The van der Waals surface area contributed by atoms with E-state index in [1.165, 1.54) is 6.42 Å². The van der Waals surface area contributed by atoms with E-state index in [0.29, 0.717) is 31.4 Å². The Balaban J connectivity index is 1.64. The highest BCUT2D eigenvalue weighted by Gasteiger charge is 2.41. The van der Waals surface area contributed by atoms with Gasteiger partial charge in [-0.25, -0.2) is 4.99 Å². The lowest BCUT2D eigenvalue weighted by Gasteiger charge is -2.22. The molecule has 3 unspecified atom stereocenters. The molecule has 2 N–H and O–H groups in total. The largest absolute Gasteiger partial charge is 0.493 e. The second-order valence-corrected chi connectivity index (χ2v) is 6.47. The number of nitrogens with zero attached hydrogens (tertiary/aromatic N) is 1. The van der Waals surface area contributed by atoms with Gasteiger partial charge < -0.3 is 24.8 Å². The Bertz CT molecular complexity index is 606. The zero-order valence-electron chi connectivity index (χ0n) is 15.4. The number of nitrogens with one attached hydrogen (secondary N) is 2. The molecule has 6 nitrogen and oxygen atoms in total. The highest BCUT2D eigenvalue weighted by Crippen LogP contribution is 2.34. The molecule has 3 rings (SSSR count). The average Bonchev–Trinajstić information content (AvgIpc) is 3.24. The molecule has 6 heteroatoms. The summed E-state index contributed by atoms with van der Waals surface area (Å²) < 4.78 is 16.9. The third-order valence-corrected chi connectivity index (χ3v) is 4.72. The molecule has 0 aliphatic carbocycles. The monoisotopic (exact) mass is 347 g/mol. The average molecular weight is 347 g/mol. The molecule has 0 spiro atoms. The second-order valence-electron chi connectivity index (χ2n) is 6.47. The van der Waals surface area contributed by atoms with Crippen molar-refractivity contribution in [3.63, 3.8) is 0 Å². The Morgan fingerprint density at radius 3 is 2.80 bits per heavy atom. The smallest absolute Gasteiger partial charge is 0.191 e. The van der Waals surface area contributed by atoms with Gasteiger partial charge in [-0.3, -0.25) is 0 Å². The molecule has 2 heterocycles. The summed E-state index contributed by atoms with van der Waals surface area (Å²) in [5, 5.41) is 6.86. The van der Waals surface area contributed by atoms with Crippen molar-refractivity contribution in [2.45, 2.75) is 57.9 Å². The molecular weight excluding hydrogens is 318 g/mol. The van der Waals surface area contributed by atoms with Crippen LogP contribution in [-0.4, -0.2) is 44.5 Å². The Hall–Kier alpha value is -1.95. The number of hydrogen-bond acceptors (Lipinski definition) is 4. The lowest BCUT2D eigenvalue weighted by Crippen LogP contribution is -2.47. The molecule has 1 aromatic carbocycles. The molecular formula is C19H29N3O3. The van der Waals surface area contributed by atoms with Crippen molar-refractivity contribution < 1.29 is 14.2 Å². The SMILES string of the molecule is CCNC(=NCc1ccc(OCC)c(OC)c1)NC1CC2CCC1O2. The Morgan fingerprint density at radius 1 is 1.28 bits per heavy atom. The first-order chi connectivity index (χ1) is 12.2. The van der Waals surface area contributed by atoms with Gasteiger partial charge in [0.2, 0.25) is 0 Å². The molecule has 2 bridgehead atoms. The van der Waals surface area contributed by atoms with Crippen molar-refractivity contribution in [1.29, 1.82) is 0 Å². The van der Waals surface area contributed by atoms with Crippen molar-refractivity contribution in [3.05, 3.63) is 23.8 Å². The van der Waals surface area contributed by atoms with Gasteiger partial charge in [0.25, 0.3) is 0 Å². The van der Waals surface area contributed by atoms with Crippen LogP contribution in [0, 0.1) is 0 Å². The van der Waals surface area contributed by atoms with Crippen molar-refractivity contribution in [1.82, 2.24) is 10.6 Å². The predicted molar refractivity (Wildman–Crippen MR) is 98.4 cm³/mol. The molecule has 0 radical (unpaired) electrons. The van der Waals surface area contributed by atoms with E-state index < -0.39 is 0 Å². The first-order valence-corrected chi connectivity index (χ1v) is 9.23. The Kier molecular flexibility index (Phi) is 6.02. The molecule has 138 valence electrons. The normalized spacial score (nSPS) is 25.1. The molecule has 3 atom stereocenters. The summed E-state index contributed by atoms with van der Waals surface area (Å²) in [7, 11) is 1.66. The van der Waals surface area contributed by atoms with E-state index in [2.05, 4.69) is 17.6 Å². The summed E-state index contributed by atoms with van der Waals surface area (Å²) in [6.07, 6.45) is 4.19. The number of rotatable bonds is 7. The quantitative estimate of drug-likeness (QED) is 0.586. The first-order valence-electron chi connectivity index (χ1n) is 9.23. The number of ether oxygens (including phenoxy) is 3. The minimum absolute atomic E-state index is 0.333. The van der Waals surface area contributed by atoms with Crippen LogP contribution in [0.15, 0.2) is 23.2 Å². The number of aliphatic imine (C=N–C) groups is 1. The van der Waals surface area contributed by atoms with Crippen LogP contribution in [0.2, 0.25) is 0 Å².